The summed E-state index contributed by atoms with van der Waals surface area (Å²) < 4.78 is 5.19. The Morgan fingerprint density at radius 1 is 1.32 bits per heavy atom. The van der Waals surface area contributed by atoms with Crippen LogP contribution >= 0.6 is 11.8 Å². The molecule has 1 amide bonds. The SMILES string of the molecule is Cc1nnc(SCC(=O)Nc2cccc(C)c2C)o1. The van der Waals surface area contributed by atoms with Crippen LogP contribution in [0.5, 0.6) is 0 Å². The van der Waals surface area contributed by atoms with Gasteiger partial charge >= 0.3 is 0 Å². The molecule has 1 heterocycles. The fraction of sp³-hybridized carbons (Fsp3) is 0.308. The number of hydrogen-bond acceptors (Lipinski definition) is 5. The Kier molecular flexibility index (Phi) is 4.21. The van der Waals surface area contributed by atoms with Crippen LogP contribution in [0.4, 0.5) is 5.69 Å². The van der Waals surface area contributed by atoms with Crippen molar-refractivity contribution in [3.63, 3.8) is 0 Å². The first-order chi connectivity index (χ1) is 9.06. The van der Waals surface area contributed by atoms with Crippen molar-refractivity contribution < 1.29 is 9.21 Å². The van der Waals surface area contributed by atoms with Crippen molar-refractivity contribution >= 4 is 23.4 Å². The number of rotatable bonds is 4. The van der Waals surface area contributed by atoms with Crippen LogP contribution in [0.2, 0.25) is 0 Å². The van der Waals surface area contributed by atoms with E-state index in [-0.39, 0.29) is 11.7 Å². The zero-order valence-corrected chi connectivity index (χ0v) is 11.9. The molecule has 19 heavy (non-hydrogen) atoms. The van der Waals surface area contributed by atoms with E-state index in [1.165, 1.54) is 11.8 Å². The first kappa shape index (κ1) is 13.6. The molecular formula is C13H15N3O2S. The summed E-state index contributed by atoms with van der Waals surface area (Å²) in [4.78, 5) is 11.8. The number of aryl methyl sites for hydroxylation is 2. The minimum Gasteiger partial charge on any atom is -0.416 e. The summed E-state index contributed by atoms with van der Waals surface area (Å²) in [7, 11) is 0. The summed E-state index contributed by atoms with van der Waals surface area (Å²) >= 11 is 1.23. The summed E-state index contributed by atoms with van der Waals surface area (Å²) in [5.41, 5.74) is 3.07. The molecule has 0 spiro atoms. The summed E-state index contributed by atoms with van der Waals surface area (Å²) in [6.07, 6.45) is 0. The average molecular weight is 277 g/mol. The Hall–Kier alpha value is -1.82. The Bertz CT molecular complexity index is 595. The van der Waals surface area contributed by atoms with Crippen LogP contribution in [-0.4, -0.2) is 21.9 Å². The van der Waals surface area contributed by atoms with E-state index in [9.17, 15) is 4.79 Å². The molecule has 0 fully saturated rings. The highest BCUT2D eigenvalue weighted by Gasteiger charge is 2.09. The lowest BCUT2D eigenvalue weighted by molar-refractivity contribution is -0.113. The zero-order chi connectivity index (χ0) is 13.8. The predicted molar refractivity (Wildman–Crippen MR) is 74.3 cm³/mol. The van der Waals surface area contributed by atoms with Crippen molar-refractivity contribution in [2.45, 2.75) is 26.0 Å². The third-order valence-electron chi connectivity index (χ3n) is 2.71. The number of anilines is 1. The van der Waals surface area contributed by atoms with Crippen LogP contribution in [-0.2, 0) is 4.79 Å². The lowest BCUT2D eigenvalue weighted by atomic mass is 10.1. The number of benzene rings is 1. The maximum Gasteiger partial charge on any atom is 0.277 e. The largest absolute Gasteiger partial charge is 0.416 e. The van der Waals surface area contributed by atoms with Gasteiger partial charge in [0.15, 0.2) is 0 Å². The van der Waals surface area contributed by atoms with E-state index in [0.29, 0.717) is 11.1 Å². The van der Waals surface area contributed by atoms with Crippen LogP contribution in [0.15, 0.2) is 27.8 Å². The molecule has 0 aliphatic carbocycles. The van der Waals surface area contributed by atoms with Gasteiger partial charge in [0.2, 0.25) is 11.8 Å². The molecule has 0 aliphatic rings. The van der Waals surface area contributed by atoms with Gasteiger partial charge < -0.3 is 9.73 Å². The lowest BCUT2D eigenvalue weighted by Crippen LogP contribution is -2.15. The van der Waals surface area contributed by atoms with Crippen molar-refractivity contribution in [3.8, 4) is 0 Å². The average Bonchev–Trinajstić information content (AvgIpc) is 2.78. The quantitative estimate of drug-likeness (QED) is 0.870. The second-order valence-electron chi connectivity index (χ2n) is 4.17. The van der Waals surface area contributed by atoms with Gasteiger partial charge in [-0.3, -0.25) is 4.79 Å². The number of carbonyl (C=O) groups excluding carboxylic acids is 1. The van der Waals surface area contributed by atoms with Gasteiger partial charge in [-0.05, 0) is 31.0 Å². The van der Waals surface area contributed by atoms with Crippen molar-refractivity contribution in [2.75, 3.05) is 11.1 Å². The summed E-state index contributed by atoms with van der Waals surface area (Å²) in [6.45, 7) is 5.72. The standard InChI is InChI=1S/C13H15N3O2S/c1-8-5-4-6-11(9(8)2)14-12(17)7-19-13-16-15-10(3)18-13/h4-6H,7H2,1-3H3,(H,14,17). The van der Waals surface area contributed by atoms with E-state index in [1.54, 1.807) is 6.92 Å². The second-order valence-corrected chi connectivity index (χ2v) is 5.10. The fourth-order valence-corrected chi connectivity index (χ4v) is 2.14. The molecule has 0 atom stereocenters. The molecule has 0 bridgehead atoms. The molecule has 0 saturated heterocycles. The van der Waals surface area contributed by atoms with Gasteiger partial charge in [-0.25, -0.2) is 0 Å². The van der Waals surface area contributed by atoms with Crippen LogP contribution in [0.3, 0.4) is 0 Å². The van der Waals surface area contributed by atoms with Crippen LogP contribution < -0.4 is 5.32 Å². The number of hydrogen-bond donors (Lipinski definition) is 1. The molecule has 6 heteroatoms. The summed E-state index contributed by atoms with van der Waals surface area (Å²) in [5.74, 6) is 0.654. The normalized spacial score (nSPS) is 10.5. The van der Waals surface area contributed by atoms with Gasteiger partial charge in [0.05, 0.1) is 5.75 Å². The van der Waals surface area contributed by atoms with Crippen molar-refractivity contribution in [1.82, 2.24) is 10.2 Å². The number of thioether (sulfide) groups is 1. The fourth-order valence-electron chi connectivity index (χ4n) is 1.54. The topological polar surface area (TPSA) is 68.0 Å². The van der Waals surface area contributed by atoms with Crippen LogP contribution in [0.25, 0.3) is 0 Å². The summed E-state index contributed by atoms with van der Waals surface area (Å²) in [6, 6.07) is 5.83. The maximum atomic E-state index is 11.8. The van der Waals surface area contributed by atoms with Gasteiger partial charge in [-0.1, -0.05) is 23.9 Å². The monoisotopic (exact) mass is 277 g/mol. The van der Waals surface area contributed by atoms with Gasteiger partial charge in [-0.15, -0.1) is 10.2 Å². The molecule has 0 saturated carbocycles. The van der Waals surface area contributed by atoms with Gasteiger partial charge in [0.25, 0.3) is 5.22 Å². The molecule has 100 valence electrons. The molecule has 1 N–H and O–H groups in total. The van der Waals surface area contributed by atoms with Gasteiger partial charge in [0, 0.05) is 12.6 Å². The first-order valence-electron chi connectivity index (χ1n) is 5.85. The number of nitrogens with zero attached hydrogens (tertiary/aromatic N) is 2. The summed E-state index contributed by atoms with van der Waals surface area (Å²) in [5, 5.41) is 10.8. The van der Waals surface area contributed by atoms with Crippen molar-refractivity contribution in [3.05, 3.63) is 35.2 Å². The highest BCUT2D eigenvalue weighted by atomic mass is 32.2. The van der Waals surface area contributed by atoms with Crippen LogP contribution in [0.1, 0.15) is 17.0 Å². The smallest absolute Gasteiger partial charge is 0.277 e. The Labute approximate surface area is 115 Å². The van der Waals surface area contributed by atoms with Gasteiger partial charge in [0.1, 0.15) is 0 Å². The van der Waals surface area contributed by atoms with E-state index in [4.69, 9.17) is 4.42 Å². The molecule has 5 nitrogen and oxygen atoms in total. The van der Waals surface area contributed by atoms with E-state index in [1.807, 2.05) is 32.0 Å². The molecule has 1 aromatic carbocycles. The second kappa shape index (κ2) is 5.88. The first-order valence-corrected chi connectivity index (χ1v) is 6.84. The highest BCUT2D eigenvalue weighted by Crippen LogP contribution is 2.19. The molecule has 0 unspecified atom stereocenters. The zero-order valence-electron chi connectivity index (χ0n) is 11.1. The number of nitrogens with one attached hydrogen (secondary N) is 1. The number of carbonyl (C=O) groups is 1. The molecule has 0 aliphatic heterocycles. The number of aromatic nitrogens is 2. The lowest BCUT2D eigenvalue weighted by Gasteiger charge is -2.09. The highest BCUT2D eigenvalue weighted by molar-refractivity contribution is 7.99. The van der Waals surface area contributed by atoms with Crippen molar-refractivity contribution in [2.24, 2.45) is 0 Å². The van der Waals surface area contributed by atoms with Crippen LogP contribution in [0, 0.1) is 20.8 Å². The Morgan fingerprint density at radius 2 is 2.11 bits per heavy atom. The molecule has 2 aromatic rings. The predicted octanol–water partition coefficient (Wildman–Crippen LogP) is 2.73. The Balaban J connectivity index is 1.92. The molecule has 0 radical (unpaired) electrons. The third kappa shape index (κ3) is 3.57. The number of amides is 1. The third-order valence-corrected chi connectivity index (χ3v) is 3.53. The Morgan fingerprint density at radius 3 is 2.79 bits per heavy atom. The minimum absolute atomic E-state index is 0.0884. The van der Waals surface area contributed by atoms with E-state index in [0.717, 1.165) is 16.8 Å². The van der Waals surface area contributed by atoms with E-state index >= 15 is 0 Å². The van der Waals surface area contributed by atoms with Gasteiger partial charge in [-0.2, -0.15) is 0 Å². The molecular weight excluding hydrogens is 262 g/mol. The maximum absolute atomic E-state index is 11.8. The molecule has 2 rings (SSSR count). The van der Waals surface area contributed by atoms with E-state index < -0.39 is 0 Å². The van der Waals surface area contributed by atoms with E-state index in [2.05, 4.69) is 15.5 Å². The minimum atomic E-state index is -0.0884. The van der Waals surface area contributed by atoms with Crippen molar-refractivity contribution in [1.29, 1.82) is 0 Å². The molecule has 1 aromatic heterocycles.